The number of para-hydroxylation sites is 1. The van der Waals surface area contributed by atoms with Gasteiger partial charge in [-0.05, 0) is 48.2 Å². The quantitative estimate of drug-likeness (QED) is 0.295. The first-order chi connectivity index (χ1) is 19.1. The lowest BCUT2D eigenvalue weighted by atomic mass is 9.93. The maximum Gasteiger partial charge on any atom is 0.363 e. The summed E-state index contributed by atoms with van der Waals surface area (Å²) in [5.74, 6) is -1.64. The fourth-order valence-corrected chi connectivity index (χ4v) is 7.06. The van der Waals surface area contributed by atoms with Crippen LogP contribution in [0.15, 0.2) is 72.8 Å². The van der Waals surface area contributed by atoms with Crippen molar-refractivity contribution in [2.24, 2.45) is 0 Å². The van der Waals surface area contributed by atoms with Crippen LogP contribution in [0.25, 0.3) is 0 Å². The van der Waals surface area contributed by atoms with Crippen LogP contribution in [-0.4, -0.2) is 55.3 Å². The summed E-state index contributed by atoms with van der Waals surface area (Å²) in [7, 11) is -2.07. The molecule has 10 heteroatoms. The van der Waals surface area contributed by atoms with Crippen LogP contribution in [-0.2, 0) is 32.7 Å². The lowest BCUT2D eigenvalue weighted by molar-refractivity contribution is -0.174. The van der Waals surface area contributed by atoms with Gasteiger partial charge >= 0.3 is 16.6 Å². The predicted molar refractivity (Wildman–Crippen MR) is 156 cm³/mol. The minimum absolute atomic E-state index is 0.0766. The normalized spacial score (nSPS) is 20.4. The Morgan fingerprint density at radius 2 is 1.60 bits per heavy atom. The molecule has 1 aliphatic heterocycles. The number of aliphatic carboxylic acids is 1. The topological polar surface area (TPSA) is 119 Å². The van der Waals surface area contributed by atoms with E-state index in [2.05, 4.69) is 5.32 Å². The molecule has 2 atom stereocenters. The number of hydrogen-bond acceptors (Lipinski definition) is 7. The number of carboxylic acid groups (broad SMARTS) is 1. The Balaban J connectivity index is 2.18. The van der Waals surface area contributed by atoms with Gasteiger partial charge in [0.1, 0.15) is 5.75 Å². The molecule has 3 aromatic rings. The van der Waals surface area contributed by atoms with E-state index in [9.17, 15) is 23.4 Å². The van der Waals surface area contributed by atoms with E-state index in [1.54, 1.807) is 60.7 Å². The van der Waals surface area contributed by atoms with Gasteiger partial charge in [0.15, 0.2) is 0 Å². The molecule has 0 aromatic heterocycles. The number of rotatable bonds is 12. The number of ether oxygens (including phenoxy) is 1. The first kappa shape index (κ1) is 29.4. The number of benzene rings is 3. The summed E-state index contributed by atoms with van der Waals surface area (Å²) < 4.78 is 36.4. The number of nitrogens with zero attached hydrogens (tertiary/aromatic N) is 2. The number of hydrogen-bond donors (Lipinski definition) is 3. The second-order valence-corrected chi connectivity index (χ2v) is 12.3. The molecule has 0 amide bonds. The van der Waals surface area contributed by atoms with Crippen LogP contribution >= 0.6 is 0 Å². The standard InChI is InChI=1S/C30H37N3O6S/c1-5-13-24-25(31-20-6-2)18-19-26-27(24)30(40(37,38)32(3)4,39-23-16-11-8-12-17-23)29(36,28(34)35)33(26)21-22-14-9-7-10-15-22/h7-12,14-19,31,36H,5-6,13,20-21H2,1-4H3,(H,34,35). The number of carbonyl (C=O) groups is 1. The minimum Gasteiger partial charge on any atom is -0.478 e. The van der Waals surface area contributed by atoms with Crippen LogP contribution in [0, 0.1) is 0 Å². The van der Waals surface area contributed by atoms with E-state index < -0.39 is 26.7 Å². The molecule has 214 valence electrons. The van der Waals surface area contributed by atoms with Gasteiger partial charge in [-0.1, -0.05) is 68.8 Å². The molecule has 40 heavy (non-hydrogen) atoms. The largest absolute Gasteiger partial charge is 0.478 e. The van der Waals surface area contributed by atoms with Crippen LogP contribution in [0.5, 0.6) is 5.75 Å². The Hall–Kier alpha value is -3.60. The first-order valence-corrected chi connectivity index (χ1v) is 14.8. The highest BCUT2D eigenvalue weighted by Gasteiger charge is 2.77. The molecule has 0 spiro atoms. The van der Waals surface area contributed by atoms with Crippen molar-refractivity contribution in [2.45, 2.75) is 50.3 Å². The van der Waals surface area contributed by atoms with E-state index in [1.807, 2.05) is 26.0 Å². The van der Waals surface area contributed by atoms with Gasteiger partial charge < -0.3 is 25.2 Å². The number of sulfonamides is 1. The summed E-state index contributed by atoms with van der Waals surface area (Å²) in [5.41, 5.74) is -0.696. The molecule has 4 rings (SSSR count). The van der Waals surface area contributed by atoms with Gasteiger partial charge in [0.25, 0.3) is 10.0 Å². The molecule has 2 unspecified atom stereocenters. The van der Waals surface area contributed by atoms with Crippen molar-refractivity contribution in [2.75, 3.05) is 30.9 Å². The molecule has 0 bridgehead atoms. The Bertz CT molecular complexity index is 1450. The number of carboxylic acids is 1. The van der Waals surface area contributed by atoms with Gasteiger partial charge in [-0.15, -0.1) is 0 Å². The van der Waals surface area contributed by atoms with Crippen molar-refractivity contribution >= 4 is 27.4 Å². The fourth-order valence-electron chi connectivity index (χ4n) is 5.31. The predicted octanol–water partition coefficient (Wildman–Crippen LogP) is 4.38. The van der Waals surface area contributed by atoms with E-state index in [1.165, 1.54) is 19.0 Å². The lowest BCUT2D eigenvalue weighted by Gasteiger charge is -2.43. The van der Waals surface area contributed by atoms with Crippen molar-refractivity contribution in [1.82, 2.24) is 4.31 Å². The maximum absolute atomic E-state index is 14.6. The highest BCUT2D eigenvalue weighted by molar-refractivity contribution is 7.90. The van der Waals surface area contributed by atoms with E-state index >= 15 is 0 Å². The van der Waals surface area contributed by atoms with Crippen molar-refractivity contribution in [3.63, 3.8) is 0 Å². The molecule has 0 saturated carbocycles. The number of aliphatic hydroxyl groups is 1. The molecule has 0 aliphatic carbocycles. The van der Waals surface area contributed by atoms with Crippen LogP contribution in [0.3, 0.4) is 0 Å². The Kier molecular flexibility index (Phi) is 8.44. The van der Waals surface area contributed by atoms with Gasteiger partial charge in [-0.3, -0.25) is 0 Å². The smallest absolute Gasteiger partial charge is 0.363 e. The number of nitrogens with one attached hydrogen (secondary N) is 1. The molecular weight excluding hydrogens is 530 g/mol. The molecule has 3 aromatic carbocycles. The second-order valence-electron chi connectivity index (χ2n) is 10.0. The van der Waals surface area contributed by atoms with Crippen molar-refractivity contribution in [3.8, 4) is 5.75 Å². The zero-order valence-corrected chi connectivity index (χ0v) is 24.1. The third kappa shape index (κ3) is 4.59. The second kappa shape index (κ2) is 11.5. The Morgan fingerprint density at radius 3 is 2.15 bits per heavy atom. The zero-order chi connectivity index (χ0) is 29.1. The van der Waals surface area contributed by atoms with Crippen molar-refractivity contribution in [1.29, 1.82) is 0 Å². The summed E-state index contributed by atoms with van der Waals surface area (Å²) in [4.78, 5) is 11.8. The van der Waals surface area contributed by atoms with Crippen LogP contribution in [0.1, 0.15) is 43.4 Å². The zero-order valence-electron chi connectivity index (χ0n) is 23.3. The van der Waals surface area contributed by atoms with Crippen LogP contribution in [0.4, 0.5) is 11.4 Å². The van der Waals surface area contributed by atoms with E-state index in [-0.39, 0.29) is 23.5 Å². The summed E-state index contributed by atoms with van der Waals surface area (Å²) in [5, 5.41) is 26.7. The molecule has 3 N–H and O–H groups in total. The molecule has 0 saturated heterocycles. The first-order valence-electron chi connectivity index (χ1n) is 13.4. The maximum atomic E-state index is 14.6. The van der Waals surface area contributed by atoms with Crippen molar-refractivity contribution < 1.29 is 28.2 Å². The Labute approximate surface area is 236 Å². The third-order valence-corrected chi connectivity index (χ3v) is 9.42. The highest BCUT2D eigenvalue weighted by Crippen LogP contribution is 2.58. The SMILES string of the molecule is CCCNc1ccc2c(c1CCC)C(Oc1ccccc1)(S(=O)(=O)N(C)C)C(O)(C(=O)O)N2Cc1ccccc1. The van der Waals surface area contributed by atoms with E-state index in [0.29, 0.717) is 36.2 Å². The fraction of sp³-hybridized carbons (Fsp3) is 0.367. The van der Waals surface area contributed by atoms with Gasteiger partial charge in [-0.2, -0.15) is 0 Å². The lowest BCUT2D eigenvalue weighted by Crippen LogP contribution is -2.70. The Morgan fingerprint density at radius 1 is 0.975 bits per heavy atom. The molecular formula is C30H37N3O6S. The average Bonchev–Trinajstić information content (AvgIpc) is 3.15. The van der Waals surface area contributed by atoms with E-state index in [0.717, 1.165) is 10.7 Å². The van der Waals surface area contributed by atoms with E-state index in [4.69, 9.17) is 4.74 Å². The molecule has 9 nitrogen and oxygen atoms in total. The molecule has 1 aliphatic rings. The number of fused-ring (bicyclic) bond motifs is 1. The molecule has 0 radical (unpaired) electrons. The highest BCUT2D eigenvalue weighted by atomic mass is 32.2. The van der Waals surface area contributed by atoms with Crippen LogP contribution in [0.2, 0.25) is 0 Å². The molecule has 0 fully saturated rings. The van der Waals surface area contributed by atoms with Gasteiger partial charge in [0.05, 0.1) is 0 Å². The van der Waals surface area contributed by atoms with Gasteiger partial charge in [0.2, 0.25) is 0 Å². The molecule has 1 heterocycles. The van der Waals surface area contributed by atoms with Crippen LogP contribution < -0.4 is 15.0 Å². The summed E-state index contributed by atoms with van der Waals surface area (Å²) in [6, 6.07) is 20.7. The summed E-state index contributed by atoms with van der Waals surface area (Å²) in [6.07, 6.45) is 1.89. The summed E-state index contributed by atoms with van der Waals surface area (Å²) in [6.45, 7) is 4.53. The van der Waals surface area contributed by atoms with Crippen molar-refractivity contribution in [3.05, 3.63) is 89.5 Å². The number of anilines is 2. The summed E-state index contributed by atoms with van der Waals surface area (Å²) >= 11 is 0. The van der Waals surface area contributed by atoms with Gasteiger partial charge in [-0.25, -0.2) is 17.5 Å². The monoisotopic (exact) mass is 567 g/mol. The third-order valence-electron chi connectivity index (χ3n) is 7.16. The van der Waals surface area contributed by atoms with Gasteiger partial charge in [0, 0.05) is 44.1 Å². The average molecular weight is 568 g/mol. The minimum atomic E-state index is -4.69.